The maximum atomic E-state index is 13.2. The zero-order valence-corrected chi connectivity index (χ0v) is 18.4. The van der Waals surface area contributed by atoms with E-state index in [2.05, 4.69) is 15.2 Å². The van der Waals surface area contributed by atoms with Crippen LogP contribution in [-0.2, 0) is 6.54 Å². The average Bonchev–Trinajstić information content (AvgIpc) is 3.50. The fourth-order valence-corrected chi connectivity index (χ4v) is 3.58. The van der Waals surface area contributed by atoms with Crippen molar-refractivity contribution in [3.63, 3.8) is 0 Å². The molecule has 0 N–H and O–H groups in total. The molecule has 3 aromatic heterocycles. The predicted molar refractivity (Wildman–Crippen MR) is 121 cm³/mol. The van der Waals surface area contributed by atoms with E-state index in [1.807, 2.05) is 13.0 Å². The molecule has 0 saturated heterocycles. The lowest BCUT2D eigenvalue weighted by Crippen LogP contribution is -2.21. The van der Waals surface area contributed by atoms with Crippen molar-refractivity contribution >= 4 is 5.52 Å². The number of nitrogens with zero attached hydrogens (tertiary/aromatic N) is 5. The molecular formula is C24H20FN5O4. The van der Waals surface area contributed by atoms with E-state index in [1.54, 1.807) is 49.8 Å². The average molecular weight is 461 g/mol. The van der Waals surface area contributed by atoms with Gasteiger partial charge in [0.15, 0.2) is 11.5 Å². The van der Waals surface area contributed by atoms with Crippen molar-refractivity contribution in [3.8, 4) is 34.1 Å². The zero-order chi connectivity index (χ0) is 23.7. The molecule has 0 unspecified atom stereocenters. The highest BCUT2D eigenvalue weighted by Gasteiger charge is 2.15. The number of methoxy groups -OCH3 is 1. The third-order valence-electron chi connectivity index (χ3n) is 5.24. The van der Waals surface area contributed by atoms with E-state index in [9.17, 15) is 9.18 Å². The maximum Gasteiger partial charge on any atom is 0.277 e. The van der Waals surface area contributed by atoms with Crippen molar-refractivity contribution in [1.29, 1.82) is 0 Å². The number of ether oxygens (including phenoxy) is 2. The van der Waals surface area contributed by atoms with E-state index in [0.717, 1.165) is 0 Å². The van der Waals surface area contributed by atoms with E-state index in [4.69, 9.17) is 14.0 Å². The molecular weight excluding hydrogens is 441 g/mol. The van der Waals surface area contributed by atoms with Gasteiger partial charge in [-0.25, -0.2) is 8.91 Å². The summed E-state index contributed by atoms with van der Waals surface area (Å²) in [6.07, 6.45) is 3.26. The summed E-state index contributed by atoms with van der Waals surface area (Å²) in [5.41, 5.74) is 2.07. The van der Waals surface area contributed by atoms with Crippen molar-refractivity contribution in [3.05, 3.63) is 83.0 Å². The highest BCUT2D eigenvalue weighted by Crippen LogP contribution is 2.31. The van der Waals surface area contributed by atoms with Crippen molar-refractivity contribution < 1.29 is 18.4 Å². The van der Waals surface area contributed by atoms with Crippen LogP contribution >= 0.6 is 0 Å². The molecule has 0 saturated carbocycles. The molecule has 0 aliphatic rings. The molecule has 5 rings (SSSR count). The standard InChI is InChI=1S/C24H20FN5O4/c1-3-33-20-9-6-16(12-21(20)32-2)23-26-22(34-28-23)14-29-10-11-30-19(24(29)31)13-18(27-30)15-4-7-17(25)8-5-15/h4-13H,3,14H2,1-2H3. The molecule has 172 valence electrons. The normalized spacial score (nSPS) is 11.1. The summed E-state index contributed by atoms with van der Waals surface area (Å²) in [7, 11) is 1.56. The summed E-state index contributed by atoms with van der Waals surface area (Å²) < 4.78 is 32.5. The molecule has 3 heterocycles. The molecule has 34 heavy (non-hydrogen) atoms. The van der Waals surface area contributed by atoms with Crippen molar-refractivity contribution in [1.82, 2.24) is 24.3 Å². The van der Waals surface area contributed by atoms with Crippen LogP contribution < -0.4 is 15.0 Å². The SMILES string of the molecule is CCOc1ccc(-c2noc(Cn3ccn4nc(-c5ccc(F)cc5)cc4c3=O)n2)cc1OC. The number of halogens is 1. The topological polar surface area (TPSA) is 96.7 Å². The van der Waals surface area contributed by atoms with Crippen molar-refractivity contribution in [2.45, 2.75) is 13.5 Å². The Balaban J connectivity index is 1.41. The third kappa shape index (κ3) is 4.01. The smallest absolute Gasteiger partial charge is 0.277 e. The molecule has 0 aliphatic heterocycles. The van der Waals surface area contributed by atoms with E-state index in [-0.39, 0.29) is 23.8 Å². The second-order valence-corrected chi connectivity index (χ2v) is 7.41. The monoisotopic (exact) mass is 461 g/mol. The number of aromatic nitrogens is 5. The number of rotatable bonds is 7. The number of hydrogen-bond donors (Lipinski definition) is 0. The first-order chi connectivity index (χ1) is 16.6. The Bertz CT molecular complexity index is 1520. The van der Waals surface area contributed by atoms with Gasteiger partial charge in [0.25, 0.3) is 5.56 Å². The first-order valence-corrected chi connectivity index (χ1v) is 10.5. The summed E-state index contributed by atoms with van der Waals surface area (Å²) in [4.78, 5) is 17.4. The van der Waals surface area contributed by atoms with Crippen LogP contribution in [0.25, 0.3) is 28.2 Å². The zero-order valence-electron chi connectivity index (χ0n) is 18.4. The van der Waals surface area contributed by atoms with Gasteiger partial charge in [0.05, 0.1) is 19.4 Å². The Morgan fingerprint density at radius 2 is 1.82 bits per heavy atom. The van der Waals surface area contributed by atoms with Gasteiger partial charge in [0, 0.05) is 23.5 Å². The highest BCUT2D eigenvalue weighted by molar-refractivity contribution is 5.65. The lowest BCUT2D eigenvalue weighted by Gasteiger charge is -2.09. The minimum Gasteiger partial charge on any atom is -0.493 e. The molecule has 0 amide bonds. The minimum atomic E-state index is -0.336. The molecule has 10 heteroatoms. The van der Waals surface area contributed by atoms with E-state index < -0.39 is 0 Å². The van der Waals surface area contributed by atoms with Crippen LogP contribution in [0.15, 0.2) is 70.2 Å². The summed E-state index contributed by atoms with van der Waals surface area (Å²) in [5.74, 6) is 1.49. The first kappa shape index (κ1) is 21.4. The summed E-state index contributed by atoms with van der Waals surface area (Å²) in [6.45, 7) is 2.50. The highest BCUT2D eigenvalue weighted by atomic mass is 19.1. The molecule has 0 radical (unpaired) electrons. The van der Waals surface area contributed by atoms with Gasteiger partial charge in [-0.05, 0) is 55.5 Å². The summed E-state index contributed by atoms with van der Waals surface area (Å²) in [5, 5.41) is 8.44. The molecule has 0 atom stereocenters. The second kappa shape index (κ2) is 8.81. The second-order valence-electron chi connectivity index (χ2n) is 7.41. The Morgan fingerprint density at radius 1 is 1.03 bits per heavy atom. The van der Waals surface area contributed by atoms with Gasteiger partial charge in [-0.2, -0.15) is 10.1 Å². The minimum absolute atomic E-state index is 0.0908. The van der Waals surface area contributed by atoms with Crippen LogP contribution in [0.1, 0.15) is 12.8 Å². The predicted octanol–water partition coefficient (Wildman–Crippen LogP) is 3.81. The molecule has 0 bridgehead atoms. The third-order valence-corrected chi connectivity index (χ3v) is 5.24. The van der Waals surface area contributed by atoms with Crippen LogP contribution in [0.4, 0.5) is 4.39 Å². The fourth-order valence-electron chi connectivity index (χ4n) is 3.58. The van der Waals surface area contributed by atoms with Gasteiger partial charge in [-0.3, -0.25) is 4.79 Å². The van der Waals surface area contributed by atoms with Crippen LogP contribution in [0.2, 0.25) is 0 Å². The largest absolute Gasteiger partial charge is 0.493 e. The van der Waals surface area contributed by atoms with Crippen LogP contribution in [0.3, 0.4) is 0 Å². The lowest BCUT2D eigenvalue weighted by atomic mass is 10.1. The van der Waals surface area contributed by atoms with Gasteiger partial charge >= 0.3 is 0 Å². The molecule has 0 aliphatic carbocycles. The van der Waals surface area contributed by atoms with Crippen LogP contribution in [-0.4, -0.2) is 38.0 Å². The van der Waals surface area contributed by atoms with Gasteiger partial charge in [-0.1, -0.05) is 5.16 Å². The lowest BCUT2D eigenvalue weighted by molar-refractivity contribution is 0.311. The van der Waals surface area contributed by atoms with Gasteiger partial charge in [-0.15, -0.1) is 0 Å². The van der Waals surface area contributed by atoms with Gasteiger partial charge < -0.3 is 18.6 Å². The first-order valence-electron chi connectivity index (χ1n) is 10.5. The van der Waals surface area contributed by atoms with Crippen LogP contribution in [0, 0.1) is 5.82 Å². The van der Waals surface area contributed by atoms with Crippen LogP contribution in [0.5, 0.6) is 11.5 Å². The molecule has 9 nitrogen and oxygen atoms in total. The molecule has 0 spiro atoms. The summed E-state index contributed by atoms with van der Waals surface area (Å²) >= 11 is 0. The number of benzene rings is 2. The van der Waals surface area contributed by atoms with Gasteiger partial charge in [0.1, 0.15) is 17.9 Å². The fraction of sp³-hybridized carbons (Fsp3) is 0.167. The Kier molecular flexibility index (Phi) is 5.54. The van der Waals surface area contributed by atoms with E-state index >= 15 is 0 Å². The van der Waals surface area contributed by atoms with Crippen molar-refractivity contribution in [2.75, 3.05) is 13.7 Å². The number of fused-ring (bicyclic) bond motifs is 1. The molecule has 0 fully saturated rings. The summed E-state index contributed by atoms with van der Waals surface area (Å²) in [6, 6.07) is 13.0. The van der Waals surface area contributed by atoms with Gasteiger partial charge in [0.2, 0.25) is 11.7 Å². The Hall–Kier alpha value is -4.47. The molecule has 5 aromatic rings. The Labute approximate surface area is 193 Å². The van der Waals surface area contributed by atoms with E-state index in [1.165, 1.54) is 21.2 Å². The number of hydrogen-bond acceptors (Lipinski definition) is 7. The Morgan fingerprint density at radius 3 is 2.59 bits per heavy atom. The quantitative estimate of drug-likeness (QED) is 0.364. The molecule has 2 aromatic carbocycles. The van der Waals surface area contributed by atoms with E-state index in [0.29, 0.717) is 46.3 Å². The van der Waals surface area contributed by atoms with Crippen molar-refractivity contribution in [2.24, 2.45) is 0 Å². The maximum absolute atomic E-state index is 13.2.